The van der Waals surface area contributed by atoms with Gasteiger partial charge in [-0.3, -0.25) is 4.79 Å². The zero-order valence-corrected chi connectivity index (χ0v) is 14.7. The van der Waals surface area contributed by atoms with Gasteiger partial charge < -0.3 is 4.90 Å². The van der Waals surface area contributed by atoms with E-state index in [2.05, 4.69) is 41.4 Å². The maximum atomic E-state index is 13.0. The van der Waals surface area contributed by atoms with E-state index in [-0.39, 0.29) is 18.0 Å². The topological polar surface area (TPSA) is 51.0 Å². The van der Waals surface area contributed by atoms with Gasteiger partial charge in [-0.2, -0.15) is 5.10 Å². The highest BCUT2D eigenvalue weighted by atomic mass is 32.1. The molecule has 4 heterocycles. The Morgan fingerprint density at radius 1 is 1.38 bits per heavy atom. The van der Waals surface area contributed by atoms with Crippen LogP contribution in [0.15, 0.2) is 36.0 Å². The van der Waals surface area contributed by atoms with E-state index in [9.17, 15) is 4.79 Å². The number of hydrogen-bond donors (Lipinski definition) is 0. The zero-order chi connectivity index (χ0) is 16.7. The van der Waals surface area contributed by atoms with Crippen LogP contribution in [0.5, 0.6) is 0 Å². The molecule has 4 rings (SSSR count). The largest absolute Gasteiger partial charge is 0.331 e. The first-order valence-corrected chi connectivity index (χ1v) is 9.21. The van der Waals surface area contributed by atoms with Gasteiger partial charge in [0.2, 0.25) is 0 Å². The first kappa shape index (κ1) is 15.3. The van der Waals surface area contributed by atoms with Crippen LogP contribution >= 0.6 is 11.3 Å². The molecule has 5 nitrogen and oxygen atoms in total. The van der Waals surface area contributed by atoms with Gasteiger partial charge in [-0.05, 0) is 44.2 Å². The molecule has 3 aromatic heterocycles. The maximum absolute atomic E-state index is 13.0. The Hall–Kier alpha value is -2.21. The van der Waals surface area contributed by atoms with Crippen molar-refractivity contribution >= 4 is 28.3 Å². The quantitative estimate of drug-likeness (QED) is 0.723. The minimum Gasteiger partial charge on any atom is -0.331 e. The number of thiophene rings is 1. The molecule has 1 fully saturated rings. The fourth-order valence-electron chi connectivity index (χ4n) is 3.39. The summed E-state index contributed by atoms with van der Waals surface area (Å²) in [6.45, 7) is 4.96. The fraction of sp³-hybridized carbons (Fsp3) is 0.389. The van der Waals surface area contributed by atoms with Crippen LogP contribution in [0.3, 0.4) is 0 Å². The van der Waals surface area contributed by atoms with Crippen LogP contribution in [0.1, 0.15) is 54.0 Å². The second-order valence-electron chi connectivity index (χ2n) is 6.49. The Balaban J connectivity index is 1.65. The lowest BCUT2D eigenvalue weighted by Gasteiger charge is -2.23. The van der Waals surface area contributed by atoms with Crippen LogP contribution in [-0.4, -0.2) is 32.1 Å². The standard InChI is InChI=1S/C18H20N4OS/c1-12(2)22-17-13(11-20-22)9-14(10-19-17)18(23)21-7-3-5-15(21)16-6-4-8-24-16/h4,6,8-12,15H,3,5,7H2,1-2H3/t15-/m0/s1. The number of fused-ring (bicyclic) bond motifs is 1. The van der Waals surface area contributed by atoms with Crippen molar-refractivity contribution in [2.75, 3.05) is 6.54 Å². The zero-order valence-electron chi connectivity index (χ0n) is 13.8. The summed E-state index contributed by atoms with van der Waals surface area (Å²) in [7, 11) is 0. The van der Waals surface area contributed by atoms with Crippen LogP contribution in [-0.2, 0) is 0 Å². The highest BCUT2D eigenvalue weighted by Crippen LogP contribution is 2.35. The van der Waals surface area contributed by atoms with Gasteiger partial charge in [-0.15, -0.1) is 11.3 Å². The molecule has 124 valence electrons. The normalized spacial score (nSPS) is 18.0. The van der Waals surface area contributed by atoms with Gasteiger partial charge in [-0.1, -0.05) is 6.07 Å². The van der Waals surface area contributed by atoms with Crippen LogP contribution in [0.2, 0.25) is 0 Å². The van der Waals surface area contributed by atoms with Crippen molar-refractivity contribution in [2.24, 2.45) is 0 Å². The smallest absolute Gasteiger partial charge is 0.255 e. The molecular weight excluding hydrogens is 320 g/mol. The SMILES string of the molecule is CC(C)n1ncc2cc(C(=O)N3CCC[C@H]3c3cccs3)cnc21. The van der Waals surface area contributed by atoms with Gasteiger partial charge in [0.15, 0.2) is 5.65 Å². The van der Waals surface area contributed by atoms with Crippen molar-refractivity contribution in [1.82, 2.24) is 19.7 Å². The van der Waals surface area contributed by atoms with Crippen molar-refractivity contribution in [3.05, 3.63) is 46.4 Å². The molecule has 0 aromatic carbocycles. The number of likely N-dealkylation sites (tertiary alicyclic amines) is 1. The molecule has 0 saturated carbocycles. The van der Waals surface area contributed by atoms with E-state index in [1.54, 1.807) is 23.7 Å². The second kappa shape index (κ2) is 6.02. The van der Waals surface area contributed by atoms with Gasteiger partial charge in [0.25, 0.3) is 5.91 Å². The number of aromatic nitrogens is 3. The maximum Gasteiger partial charge on any atom is 0.255 e. The molecule has 0 N–H and O–H groups in total. The van der Waals surface area contributed by atoms with E-state index in [1.165, 1.54) is 4.88 Å². The molecule has 0 radical (unpaired) electrons. The molecule has 0 unspecified atom stereocenters. The van der Waals surface area contributed by atoms with Crippen LogP contribution in [0, 0.1) is 0 Å². The summed E-state index contributed by atoms with van der Waals surface area (Å²) < 4.78 is 1.88. The fourth-order valence-corrected chi connectivity index (χ4v) is 4.26. The Morgan fingerprint density at radius 2 is 2.25 bits per heavy atom. The predicted molar refractivity (Wildman–Crippen MR) is 95.2 cm³/mol. The first-order chi connectivity index (χ1) is 11.6. The summed E-state index contributed by atoms with van der Waals surface area (Å²) in [5.74, 6) is 0.0672. The van der Waals surface area contributed by atoms with E-state index < -0.39 is 0 Å². The van der Waals surface area contributed by atoms with Gasteiger partial charge >= 0.3 is 0 Å². The number of pyridine rings is 1. The number of nitrogens with zero attached hydrogens (tertiary/aromatic N) is 4. The third-order valence-electron chi connectivity index (χ3n) is 4.55. The van der Waals surface area contributed by atoms with Gasteiger partial charge in [0, 0.05) is 29.0 Å². The molecule has 0 spiro atoms. The van der Waals surface area contributed by atoms with Crippen molar-refractivity contribution in [3.63, 3.8) is 0 Å². The lowest BCUT2D eigenvalue weighted by molar-refractivity contribution is 0.0737. The van der Waals surface area contributed by atoms with Crippen LogP contribution in [0.25, 0.3) is 11.0 Å². The van der Waals surface area contributed by atoms with Gasteiger partial charge in [-0.25, -0.2) is 9.67 Å². The number of rotatable bonds is 3. The number of carbonyl (C=O) groups is 1. The van der Waals surface area contributed by atoms with Gasteiger partial charge in [0.1, 0.15) is 0 Å². The summed E-state index contributed by atoms with van der Waals surface area (Å²) in [5, 5.41) is 7.37. The third kappa shape index (κ3) is 2.51. The number of amides is 1. The highest BCUT2D eigenvalue weighted by Gasteiger charge is 2.31. The average molecular weight is 340 g/mol. The molecule has 1 amide bonds. The molecule has 24 heavy (non-hydrogen) atoms. The van der Waals surface area contributed by atoms with E-state index in [0.29, 0.717) is 5.56 Å². The summed E-state index contributed by atoms with van der Waals surface area (Å²) in [5.41, 5.74) is 1.48. The molecule has 1 aliphatic rings. The Bertz CT molecular complexity index is 868. The molecule has 1 atom stereocenters. The Labute approximate surface area is 144 Å². The summed E-state index contributed by atoms with van der Waals surface area (Å²) >= 11 is 1.72. The monoisotopic (exact) mass is 340 g/mol. The highest BCUT2D eigenvalue weighted by molar-refractivity contribution is 7.10. The summed E-state index contributed by atoms with van der Waals surface area (Å²) in [4.78, 5) is 20.8. The minimum atomic E-state index is 0.0672. The number of hydrogen-bond acceptors (Lipinski definition) is 4. The minimum absolute atomic E-state index is 0.0672. The third-order valence-corrected chi connectivity index (χ3v) is 5.53. The molecule has 3 aromatic rings. The lowest BCUT2D eigenvalue weighted by Crippen LogP contribution is -2.30. The molecule has 1 aliphatic heterocycles. The predicted octanol–water partition coefficient (Wildman–Crippen LogP) is 4.05. The van der Waals surface area contributed by atoms with E-state index in [4.69, 9.17) is 0 Å². The molecule has 0 aliphatic carbocycles. The van der Waals surface area contributed by atoms with Gasteiger partial charge in [0.05, 0.1) is 17.8 Å². The van der Waals surface area contributed by atoms with Crippen molar-refractivity contribution in [3.8, 4) is 0 Å². The molecular formula is C18H20N4OS. The Kier molecular flexibility index (Phi) is 3.84. The van der Waals surface area contributed by atoms with Crippen molar-refractivity contribution < 1.29 is 4.79 Å². The van der Waals surface area contributed by atoms with Crippen LogP contribution in [0.4, 0.5) is 0 Å². The first-order valence-electron chi connectivity index (χ1n) is 8.33. The van der Waals surface area contributed by atoms with Crippen LogP contribution < -0.4 is 0 Å². The van der Waals surface area contributed by atoms with E-state index in [1.807, 2.05) is 15.6 Å². The van der Waals surface area contributed by atoms with Crippen molar-refractivity contribution in [2.45, 2.75) is 38.8 Å². The second-order valence-corrected chi connectivity index (χ2v) is 7.47. The summed E-state index contributed by atoms with van der Waals surface area (Å²) in [6, 6.07) is 6.54. The molecule has 6 heteroatoms. The van der Waals surface area contributed by atoms with E-state index >= 15 is 0 Å². The Morgan fingerprint density at radius 3 is 3.00 bits per heavy atom. The summed E-state index contributed by atoms with van der Waals surface area (Å²) in [6.07, 6.45) is 5.57. The molecule has 1 saturated heterocycles. The van der Waals surface area contributed by atoms with E-state index in [0.717, 1.165) is 30.4 Å². The number of carbonyl (C=O) groups excluding carboxylic acids is 1. The lowest BCUT2D eigenvalue weighted by atomic mass is 10.1. The van der Waals surface area contributed by atoms with Crippen molar-refractivity contribution in [1.29, 1.82) is 0 Å². The molecule has 0 bridgehead atoms. The average Bonchev–Trinajstić information content (AvgIpc) is 3.31.